The van der Waals surface area contributed by atoms with Crippen LogP contribution < -0.4 is 16.2 Å². The fraction of sp³-hybridized carbons (Fsp3) is 0.0417. The lowest BCUT2D eigenvalue weighted by atomic mass is 10.0. The van der Waals surface area contributed by atoms with E-state index in [9.17, 15) is 9.59 Å². The summed E-state index contributed by atoms with van der Waals surface area (Å²) >= 11 is 1.61. The fourth-order valence-electron chi connectivity index (χ4n) is 3.34. The van der Waals surface area contributed by atoms with E-state index < -0.39 is 12.0 Å². The molecular weight excluding hydrogens is 424 g/mol. The smallest absolute Gasteiger partial charge is 0.409 e. The van der Waals surface area contributed by atoms with Crippen molar-refractivity contribution in [2.24, 2.45) is 5.84 Å². The highest BCUT2D eigenvalue weighted by atomic mass is 32.1. The second-order valence-electron chi connectivity index (χ2n) is 7.04. The quantitative estimate of drug-likeness (QED) is 0.220. The molecule has 0 spiro atoms. The number of nitrogens with two attached hydrogens (primary N) is 1. The molecule has 2 amide bonds. The number of nitrogens with zero attached hydrogens (tertiary/aromatic N) is 2. The molecule has 0 aliphatic heterocycles. The summed E-state index contributed by atoms with van der Waals surface area (Å²) in [4.78, 5) is 29.5. The summed E-state index contributed by atoms with van der Waals surface area (Å²) < 4.78 is 0. The van der Waals surface area contributed by atoms with E-state index in [1.165, 1.54) is 0 Å². The van der Waals surface area contributed by atoms with Crippen molar-refractivity contribution in [3.05, 3.63) is 101 Å². The van der Waals surface area contributed by atoms with Crippen molar-refractivity contribution in [2.45, 2.75) is 6.42 Å². The number of hydrogen-bond donors (Lipinski definition) is 3. The van der Waals surface area contributed by atoms with E-state index in [0.29, 0.717) is 28.9 Å². The Labute approximate surface area is 188 Å². The largest absolute Gasteiger partial charge is 0.465 e. The van der Waals surface area contributed by atoms with Crippen LogP contribution in [0.15, 0.2) is 84.5 Å². The first-order valence-corrected chi connectivity index (χ1v) is 10.6. The highest BCUT2D eigenvalue weighted by Crippen LogP contribution is 2.28. The number of amides is 2. The molecule has 0 saturated heterocycles. The molecule has 2 heterocycles. The molecule has 4 N–H and O–H groups in total. The van der Waals surface area contributed by atoms with Crippen LogP contribution in [0.1, 0.15) is 21.5 Å². The summed E-state index contributed by atoms with van der Waals surface area (Å²) in [5.41, 5.74) is 3.82. The molecule has 160 valence electrons. The first kappa shape index (κ1) is 21.2. The Balaban J connectivity index is 1.63. The third-order valence-electron chi connectivity index (χ3n) is 4.86. The Kier molecular flexibility index (Phi) is 6.25. The van der Waals surface area contributed by atoms with Gasteiger partial charge in [0.05, 0.1) is 5.69 Å². The van der Waals surface area contributed by atoms with E-state index in [0.717, 1.165) is 21.0 Å². The third kappa shape index (κ3) is 4.83. The predicted molar refractivity (Wildman–Crippen MR) is 126 cm³/mol. The first-order valence-electron chi connectivity index (χ1n) is 9.76. The van der Waals surface area contributed by atoms with Crippen molar-refractivity contribution in [2.75, 3.05) is 10.3 Å². The number of hydrogen-bond acceptors (Lipinski definition) is 5. The van der Waals surface area contributed by atoms with Gasteiger partial charge in [-0.15, -0.1) is 11.3 Å². The second kappa shape index (κ2) is 9.42. The van der Waals surface area contributed by atoms with E-state index in [-0.39, 0.29) is 0 Å². The van der Waals surface area contributed by atoms with Crippen LogP contribution in [0.4, 0.5) is 16.2 Å². The zero-order valence-electron chi connectivity index (χ0n) is 16.9. The molecule has 8 heteroatoms. The van der Waals surface area contributed by atoms with Gasteiger partial charge in [0.15, 0.2) is 0 Å². The Morgan fingerprint density at radius 2 is 1.94 bits per heavy atom. The molecule has 0 aliphatic carbocycles. The van der Waals surface area contributed by atoms with Gasteiger partial charge in [-0.3, -0.25) is 15.1 Å². The first-order chi connectivity index (χ1) is 15.5. The molecule has 4 rings (SSSR count). The highest BCUT2D eigenvalue weighted by Gasteiger charge is 2.18. The van der Waals surface area contributed by atoms with Crippen LogP contribution in [-0.4, -0.2) is 22.1 Å². The van der Waals surface area contributed by atoms with Gasteiger partial charge in [0.2, 0.25) is 0 Å². The maximum absolute atomic E-state index is 13.1. The van der Waals surface area contributed by atoms with Gasteiger partial charge in [-0.1, -0.05) is 24.3 Å². The molecule has 0 saturated carbocycles. The number of nitrogens with one attached hydrogen (secondary N) is 1. The van der Waals surface area contributed by atoms with Crippen molar-refractivity contribution in [3.63, 3.8) is 0 Å². The van der Waals surface area contributed by atoms with Crippen LogP contribution in [0.2, 0.25) is 0 Å². The third-order valence-corrected chi connectivity index (χ3v) is 5.78. The summed E-state index contributed by atoms with van der Waals surface area (Å²) in [6, 6.07) is 19.9. The fourth-order valence-corrected chi connectivity index (χ4v) is 4.06. The highest BCUT2D eigenvalue weighted by molar-refractivity contribution is 7.13. The van der Waals surface area contributed by atoms with E-state index in [1.807, 2.05) is 41.8 Å². The molecule has 7 nitrogen and oxygen atoms in total. The molecule has 0 aliphatic rings. The van der Waals surface area contributed by atoms with E-state index in [4.69, 9.17) is 10.9 Å². The molecule has 0 bridgehead atoms. The van der Waals surface area contributed by atoms with Crippen LogP contribution in [-0.2, 0) is 6.42 Å². The van der Waals surface area contributed by atoms with Gasteiger partial charge in [0.1, 0.15) is 0 Å². The van der Waals surface area contributed by atoms with E-state index in [1.54, 1.807) is 54.1 Å². The van der Waals surface area contributed by atoms with Crippen LogP contribution in [0.25, 0.3) is 10.4 Å². The average molecular weight is 445 g/mol. The number of thiophene rings is 1. The van der Waals surface area contributed by atoms with Crippen molar-refractivity contribution in [1.29, 1.82) is 0 Å². The topological polar surface area (TPSA) is 109 Å². The van der Waals surface area contributed by atoms with Crippen molar-refractivity contribution < 1.29 is 14.7 Å². The summed E-state index contributed by atoms with van der Waals surface area (Å²) in [5.74, 6) is 5.78. The monoisotopic (exact) mass is 444 g/mol. The Morgan fingerprint density at radius 3 is 2.66 bits per heavy atom. The van der Waals surface area contributed by atoms with Crippen LogP contribution in [0, 0.1) is 0 Å². The minimum Gasteiger partial charge on any atom is -0.465 e. The molecule has 0 radical (unpaired) electrons. The number of benzene rings is 2. The van der Waals surface area contributed by atoms with Crippen molar-refractivity contribution in [1.82, 2.24) is 4.98 Å². The van der Waals surface area contributed by atoms with Gasteiger partial charge in [0.25, 0.3) is 5.91 Å². The second-order valence-corrected chi connectivity index (χ2v) is 7.99. The van der Waals surface area contributed by atoms with Gasteiger partial charge in [-0.25, -0.2) is 15.6 Å². The molecule has 2 aromatic heterocycles. The SMILES string of the molecule is NN(C(=O)c1ccc(NC(=O)O)c(Cc2cccnc2)c1)c1cccc(-c2cccs2)c1. The van der Waals surface area contributed by atoms with Crippen molar-refractivity contribution >= 4 is 34.7 Å². The van der Waals surface area contributed by atoms with Crippen LogP contribution in [0.3, 0.4) is 0 Å². The number of carbonyl (C=O) groups excluding carboxylic acids is 1. The number of hydrazine groups is 1. The van der Waals surface area contributed by atoms with Crippen LogP contribution >= 0.6 is 11.3 Å². The average Bonchev–Trinajstić information content (AvgIpc) is 3.35. The Bertz CT molecular complexity index is 1240. The number of carbonyl (C=O) groups is 2. The van der Waals surface area contributed by atoms with Gasteiger partial charge >= 0.3 is 6.09 Å². The molecule has 0 atom stereocenters. The maximum Gasteiger partial charge on any atom is 0.409 e. The Hall–Kier alpha value is -4.01. The molecule has 32 heavy (non-hydrogen) atoms. The molecule has 4 aromatic rings. The Morgan fingerprint density at radius 1 is 1.06 bits per heavy atom. The van der Waals surface area contributed by atoms with E-state index >= 15 is 0 Å². The number of aromatic nitrogens is 1. The number of rotatable bonds is 6. The van der Waals surface area contributed by atoms with Gasteiger partial charge in [-0.2, -0.15) is 0 Å². The zero-order valence-corrected chi connectivity index (χ0v) is 17.8. The molecular formula is C24H20N4O3S. The lowest BCUT2D eigenvalue weighted by molar-refractivity contribution is 0.0987. The number of pyridine rings is 1. The van der Waals surface area contributed by atoms with Gasteiger partial charge in [-0.05, 0) is 64.5 Å². The summed E-state index contributed by atoms with van der Waals surface area (Å²) in [7, 11) is 0. The predicted octanol–water partition coefficient (Wildman–Crippen LogP) is 5.01. The maximum atomic E-state index is 13.1. The zero-order chi connectivity index (χ0) is 22.5. The summed E-state index contributed by atoms with van der Waals surface area (Å²) in [6.07, 6.45) is 2.59. The van der Waals surface area contributed by atoms with Gasteiger partial charge in [0, 0.05) is 34.9 Å². The standard InChI is InChI=1S/C24H20N4O3S/c25-28(20-6-1-5-17(14-20)22-7-3-11-32-22)23(29)18-8-9-21(27-24(30)31)19(13-18)12-16-4-2-10-26-15-16/h1-11,13-15,27H,12,25H2,(H,30,31). The van der Waals surface area contributed by atoms with Crippen LogP contribution in [0.5, 0.6) is 0 Å². The number of anilines is 2. The molecule has 2 aromatic carbocycles. The molecule has 0 fully saturated rings. The minimum absolute atomic E-state index is 0.351. The summed E-state index contributed by atoms with van der Waals surface area (Å²) in [6.45, 7) is 0. The number of carboxylic acid groups (broad SMARTS) is 1. The minimum atomic E-state index is -1.18. The lowest BCUT2D eigenvalue weighted by Gasteiger charge is -2.19. The normalized spacial score (nSPS) is 10.5. The summed E-state index contributed by atoms with van der Waals surface area (Å²) in [5, 5.41) is 14.6. The molecule has 0 unspecified atom stereocenters. The lowest BCUT2D eigenvalue weighted by Crippen LogP contribution is -2.37. The van der Waals surface area contributed by atoms with Crippen molar-refractivity contribution in [3.8, 4) is 10.4 Å². The van der Waals surface area contributed by atoms with E-state index in [2.05, 4.69) is 10.3 Å². The van der Waals surface area contributed by atoms with Gasteiger partial charge < -0.3 is 5.11 Å².